The molecule has 1 aliphatic heterocycles. The first kappa shape index (κ1) is 20.1. The molecule has 0 radical (unpaired) electrons. The molecule has 0 atom stereocenters. The van der Waals surface area contributed by atoms with Crippen LogP contribution in [0.15, 0.2) is 36.4 Å². The van der Waals surface area contributed by atoms with Gasteiger partial charge in [0.05, 0.1) is 34.3 Å². The van der Waals surface area contributed by atoms with Crippen LogP contribution in [-0.2, 0) is 0 Å². The molecule has 0 aromatic heterocycles. The average molecular weight is 400 g/mol. The van der Waals surface area contributed by atoms with E-state index in [-0.39, 0.29) is 11.1 Å². The molecule has 1 aliphatic rings. The Labute approximate surface area is 166 Å². The quantitative estimate of drug-likeness (QED) is 0.559. The number of nitro benzene ring substituents is 2. The molecule has 1 heterocycles. The van der Waals surface area contributed by atoms with Gasteiger partial charge in [-0.1, -0.05) is 12.1 Å². The van der Waals surface area contributed by atoms with Crippen LogP contribution < -0.4 is 9.64 Å². The van der Waals surface area contributed by atoms with Gasteiger partial charge < -0.3 is 14.5 Å². The largest absolute Gasteiger partial charge is 0.495 e. The molecule has 2 aromatic carbocycles. The van der Waals surface area contributed by atoms with Gasteiger partial charge in [-0.2, -0.15) is 0 Å². The smallest absolute Gasteiger partial charge is 0.279 e. The van der Waals surface area contributed by atoms with Crippen molar-refractivity contribution in [3.8, 4) is 5.75 Å². The molecule has 0 aliphatic carbocycles. The monoisotopic (exact) mass is 400 g/mol. The SMILES string of the molecule is COc1ccccc1N1CCN(C(=O)c2cc([N+](=O)[O-])cc([N+](=O)[O-])c2C)CC1. The third-order valence-electron chi connectivity index (χ3n) is 5.00. The molecule has 2 aromatic rings. The van der Waals surface area contributed by atoms with Crippen molar-refractivity contribution in [1.29, 1.82) is 0 Å². The molecular weight excluding hydrogens is 380 g/mol. The minimum Gasteiger partial charge on any atom is -0.495 e. The van der Waals surface area contributed by atoms with E-state index in [4.69, 9.17) is 4.74 Å². The van der Waals surface area contributed by atoms with E-state index in [1.54, 1.807) is 12.0 Å². The topological polar surface area (TPSA) is 119 Å². The number of hydrogen-bond acceptors (Lipinski definition) is 7. The highest BCUT2D eigenvalue weighted by molar-refractivity contribution is 5.97. The van der Waals surface area contributed by atoms with Crippen molar-refractivity contribution in [1.82, 2.24) is 4.90 Å². The van der Waals surface area contributed by atoms with E-state index in [0.29, 0.717) is 26.2 Å². The second kappa shape index (κ2) is 8.13. The predicted molar refractivity (Wildman–Crippen MR) is 106 cm³/mol. The van der Waals surface area contributed by atoms with Gasteiger partial charge in [0.1, 0.15) is 5.75 Å². The molecule has 29 heavy (non-hydrogen) atoms. The van der Waals surface area contributed by atoms with E-state index in [1.165, 1.54) is 6.92 Å². The van der Waals surface area contributed by atoms with Crippen molar-refractivity contribution < 1.29 is 19.4 Å². The first-order chi connectivity index (χ1) is 13.8. The van der Waals surface area contributed by atoms with Crippen LogP contribution in [0.4, 0.5) is 17.1 Å². The molecular formula is C19H20N4O6. The summed E-state index contributed by atoms with van der Waals surface area (Å²) in [5.74, 6) is 0.284. The Balaban J connectivity index is 1.82. The zero-order chi connectivity index (χ0) is 21.1. The van der Waals surface area contributed by atoms with Gasteiger partial charge in [0, 0.05) is 37.8 Å². The number of rotatable bonds is 5. The minimum absolute atomic E-state index is 0.0170. The lowest BCUT2D eigenvalue weighted by Crippen LogP contribution is -2.49. The van der Waals surface area contributed by atoms with Crippen LogP contribution in [0.3, 0.4) is 0 Å². The number of carbonyl (C=O) groups is 1. The molecule has 0 N–H and O–H groups in total. The number of hydrogen-bond donors (Lipinski definition) is 0. The van der Waals surface area contributed by atoms with Crippen molar-refractivity contribution >= 4 is 23.0 Å². The molecule has 0 spiro atoms. The standard InChI is InChI=1S/C19H20N4O6/c1-13-15(11-14(22(25)26)12-17(13)23(27)28)19(24)21-9-7-20(8-10-21)16-5-3-4-6-18(16)29-2/h3-6,11-12H,7-10H2,1-2H3. The lowest BCUT2D eigenvalue weighted by atomic mass is 10.0. The number of methoxy groups -OCH3 is 1. The first-order valence-corrected chi connectivity index (χ1v) is 8.94. The summed E-state index contributed by atoms with van der Waals surface area (Å²) >= 11 is 0. The summed E-state index contributed by atoms with van der Waals surface area (Å²) in [7, 11) is 1.59. The first-order valence-electron chi connectivity index (χ1n) is 8.94. The van der Waals surface area contributed by atoms with Gasteiger partial charge >= 0.3 is 0 Å². The Bertz CT molecular complexity index is 969. The fourth-order valence-electron chi connectivity index (χ4n) is 3.41. The summed E-state index contributed by atoms with van der Waals surface area (Å²) in [5, 5.41) is 22.4. The van der Waals surface area contributed by atoms with E-state index >= 15 is 0 Å². The summed E-state index contributed by atoms with van der Waals surface area (Å²) in [6, 6.07) is 9.56. The average Bonchev–Trinajstić information content (AvgIpc) is 2.73. The molecule has 152 valence electrons. The number of non-ortho nitro benzene ring substituents is 1. The predicted octanol–water partition coefficient (Wildman–Crippen LogP) is 2.78. The van der Waals surface area contributed by atoms with E-state index in [2.05, 4.69) is 4.90 Å². The lowest BCUT2D eigenvalue weighted by Gasteiger charge is -2.36. The second-order valence-corrected chi connectivity index (χ2v) is 6.60. The van der Waals surface area contributed by atoms with Crippen molar-refractivity contribution in [3.05, 3.63) is 67.8 Å². The Morgan fingerprint density at radius 2 is 1.69 bits per heavy atom. The van der Waals surface area contributed by atoms with Gasteiger partial charge in [-0.25, -0.2) is 0 Å². The third-order valence-corrected chi connectivity index (χ3v) is 5.00. The molecule has 0 saturated carbocycles. The fraction of sp³-hybridized carbons (Fsp3) is 0.316. The van der Waals surface area contributed by atoms with Gasteiger partial charge in [0.15, 0.2) is 0 Å². The number of piperazine rings is 1. The number of amides is 1. The Hall–Kier alpha value is -3.69. The molecule has 10 nitrogen and oxygen atoms in total. The number of nitrogens with zero attached hydrogens (tertiary/aromatic N) is 4. The van der Waals surface area contributed by atoms with Crippen LogP contribution in [0.1, 0.15) is 15.9 Å². The molecule has 1 amide bonds. The Morgan fingerprint density at radius 3 is 2.28 bits per heavy atom. The summed E-state index contributed by atoms with van der Waals surface area (Å²) in [6.45, 7) is 3.28. The van der Waals surface area contributed by atoms with E-state index in [1.807, 2.05) is 24.3 Å². The van der Waals surface area contributed by atoms with Gasteiger partial charge in [0.25, 0.3) is 17.3 Å². The van der Waals surface area contributed by atoms with E-state index in [0.717, 1.165) is 23.6 Å². The van der Waals surface area contributed by atoms with E-state index in [9.17, 15) is 25.0 Å². The summed E-state index contributed by atoms with van der Waals surface area (Å²) in [4.78, 5) is 37.6. The Kier molecular flexibility index (Phi) is 5.62. The number of ether oxygens (including phenoxy) is 1. The zero-order valence-corrected chi connectivity index (χ0v) is 16.0. The lowest BCUT2D eigenvalue weighted by molar-refractivity contribution is -0.394. The number of benzene rings is 2. The highest BCUT2D eigenvalue weighted by Crippen LogP contribution is 2.31. The molecule has 10 heteroatoms. The van der Waals surface area contributed by atoms with Gasteiger partial charge in [-0.15, -0.1) is 0 Å². The van der Waals surface area contributed by atoms with Crippen LogP contribution in [0.5, 0.6) is 5.75 Å². The number of carbonyl (C=O) groups excluding carboxylic acids is 1. The third kappa shape index (κ3) is 3.96. The van der Waals surface area contributed by atoms with Crippen molar-refractivity contribution in [2.24, 2.45) is 0 Å². The number of para-hydroxylation sites is 2. The van der Waals surface area contributed by atoms with Crippen LogP contribution in [0, 0.1) is 27.2 Å². The maximum atomic E-state index is 13.0. The Morgan fingerprint density at radius 1 is 1.03 bits per heavy atom. The molecule has 1 fully saturated rings. The maximum Gasteiger partial charge on any atom is 0.279 e. The highest BCUT2D eigenvalue weighted by Gasteiger charge is 2.29. The molecule has 1 saturated heterocycles. The summed E-state index contributed by atoms with van der Waals surface area (Å²) in [5.41, 5.74) is 0.118. The van der Waals surface area contributed by atoms with Crippen LogP contribution in [0.2, 0.25) is 0 Å². The summed E-state index contributed by atoms with van der Waals surface area (Å²) < 4.78 is 5.38. The van der Waals surface area contributed by atoms with Crippen molar-refractivity contribution in [2.75, 3.05) is 38.2 Å². The van der Waals surface area contributed by atoms with Crippen LogP contribution in [-0.4, -0.2) is 53.9 Å². The maximum absolute atomic E-state index is 13.0. The van der Waals surface area contributed by atoms with Gasteiger partial charge in [-0.3, -0.25) is 25.0 Å². The van der Waals surface area contributed by atoms with Gasteiger partial charge in [0.2, 0.25) is 0 Å². The van der Waals surface area contributed by atoms with Crippen LogP contribution in [0.25, 0.3) is 0 Å². The summed E-state index contributed by atoms with van der Waals surface area (Å²) in [6.07, 6.45) is 0. The zero-order valence-electron chi connectivity index (χ0n) is 16.0. The number of nitro groups is 2. The normalized spacial score (nSPS) is 13.9. The van der Waals surface area contributed by atoms with E-state index < -0.39 is 27.1 Å². The molecule has 0 bridgehead atoms. The molecule has 0 unspecified atom stereocenters. The van der Waals surface area contributed by atoms with Crippen molar-refractivity contribution in [3.63, 3.8) is 0 Å². The fourth-order valence-corrected chi connectivity index (χ4v) is 3.41. The molecule has 3 rings (SSSR count). The second-order valence-electron chi connectivity index (χ2n) is 6.60. The minimum atomic E-state index is -0.733. The van der Waals surface area contributed by atoms with Crippen LogP contribution >= 0.6 is 0 Å². The number of anilines is 1. The van der Waals surface area contributed by atoms with Crippen molar-refractivity contribution in [2.45, 2.75) is 6.92 Å². The highest BCUT2D eigenvalue weighted by atomic mass is 16.6. The van der Waals surface area contributed by atoms with Gasteiger partial charge in [-0.05, 0) is 19.1 Å².